The summed E-state index contributed by atoms with van der Waals surface area (Å²) in [5.41, 5.74) is 0.507. The van der Waals surface area contributed by atoms with Crippen molar-refractivity contribution in [3.05, 3.63) is 54.0 Å². The molecular weight excluding hydrogens is 365 g/mol. The number of nitrogens with one attached hydrogen (secondary N) is 1. The minimum absolute atomic E-state index is 0.0116. The van der Waals surface area contributed by atoms with Gasteiger partial charge in [0.1, 0.15) is 18.0 Å². The molecule has 1 N–H and O–H groups in total. The lowest BCUT2D eigenvalue weighted by Gasteiger charge is -2.29. The second-order valence-electron chi connectivity index (χ2n) is 6.40. The van der Waals surface area contributed by atoms with Gasteiger partial charge in [-0.1, -0.05) is 0 Å². The molecule has 0 saturated heterocycles. The van der Waals surface area contributed by atoms with Crippen LogP contribution in [0.4, 0.5) is 4.39 Å². The summed E-state index contributed by atoms with van der Waals surface area (Å²) < 4.78 is 18.7. The predicted molar refractivity (Wildman–Crippen MR) is 101 cm³/mol. The second kappa shape index (κ2) is 9.38. The van der Waals surface area contributed by atoms with Crippen LogP contribution in [-0.4, -0.2) is 28.8 Å². The summed E-state index contributed by atoms with van der Waals surface area (Å²) >= 11 is 1.40. The number of pyridine rings is 1. The molecule has 0 unspecified atom stereocenters. The lowest BCUT2D eigenvalue weighted by Crippen LogP contribution is -2.40. The summed E-state index contributed by atoms with van der Waals surface area (Å²) in [4.78, 5) is 17.1. The van der Waals surface area contributed by atoms with E-state index in [1.54, 1.807) is 24.3 Å². The van der Waals surface area contributed by atoms with Crippen LogP contribution in [-0.2, 0) is 4.79 Å². The lowest BCUT2D eigenvalue weighted by atomic mass is 9.93. The van der Waals surface area contributed by atoms with Gasteiger partial charge in [0.25, 0.3) is 0 Å². The highest BCUT2D eigenvalue weighted by Gasteiger charge is 2.23. The number of aromatic nitrogens is 1. The van der Waals surface area contributed by atoms with Gasteiger partial charge in [-0.2, -0.15) is 5.26 Å². The number of carbonyl (C=O) groups excluding carboxylic acids is 1. The maximum absolute atomic E-state index is 12.9. The van der Waals surface area contributed by atoms with Crippen molar-refractivity contribution in [1.82, 2.24) is 10.3 Å². The van der Waals surface area contributed by atoms with Crippen molar-refractivity contribution in [2.24, 2.45) is 0 Å². The molecule has 1 fully saturated rings. The number of carbonyl (C=O) groups is 1. The van der Waals surface area contributed by atoms with Gasteiger partial charge >= 0.3 is 0 Å². The maximum Gasteiger partial charge on any atom is 0.230 e. The first-order valence-electron chi connectivity index (χ1n) is 8.83. The predicted octanol–water partition coefficient (Wildman–Crippen LogP) is 3.69. The van der Waals surface area contributed by atoms with E-state index in [2.05, 4.69) is 10.3 Å². The number of hydrogen-bond donors (Lipinski definition) is 1. The third-order valence-electron chi connectivity index (χ3n) is 4.38. The number of halogens is 1. The molecule has 3 rings (SSSR count). The fraction of sp³-hybridized carbons (Fsp3) is 0.350. The maximum atomic E-state index is 12.9. The minimum Gasteiger partial charge on any atom is -0.474 e. The standard InChI is InChI=1S/C20H20FN3O2S/c21-15-2-8-18(9-3-15)27-13-19(25)24-16-4-6-17(7-5-16)26-20-10-1-14(11-22)12-23-20/h1-3,8-10,12,16-17H,4-7,13H2,(H,24,25). The zero-order valence-corrected chi connectivity index (χ0v) is 15.5. The summed E-state index contributed by atoms with van der Waals surface area (Å²) in [5, 5.41) is 11.8. The zero-order chi connectivity index (χ0) is 19.1. The molecule has 7 heteroatoms. The van der Waals surface area contributed by atoms with Gasteiger partial charge in [0.15, 0.2) is 0 Å². The van der Waals surface area contributed by atoms with Crippen LogP contribution in [0.25, 0.3) is 0 Å². The molecule has 27 heavy (non-hydrogen) atoms. The summed E-state index contributed by atoms with van der Waals surface area (Å²) in [6, 6.07) is 11.7. The van der Waals surface area contributed by atoms with E-state index in [-0.39, 0.29) is 23.9 Å². The van der Waals surface area contributed by atoms with Crippen LogP contribution in [0, 0.1) is 17.1 Å². The van der Waals surface area contributed by atoms with Crippen molar-refractivity contribution in [2.45, 2.75) is 42.7 Å². The highest BCUT2D eigenvalue weighted by atomic mass is 32.2. The SMILES string of the molecule is N#Cc1ccc(OC2CCC(NC(=O)CSc3ccc(F)cc3)CC2)nc1. The van der Waals surface area contributed by atoms with E-state index in [1.165, 1.54) is 30.1 Å². The fourth-order valence-corrected chi connectivity index (χ4v) is 3.67. The van der Waals surface area contributed by atoms with Gasteiger partial charge in [-0.05, 0) is 56.0 Å². The molecule has 0 bridgehead atoms. The highest BCUT2D eigenvalue weighted by molar-refractivity contribution is 8.00. The molecule has 1 amide bonds. The number of thioether (sulfide) groups is 1. The number of ether oxygens (including phenoxy) is 1. The van der Waals surface area contributed by atoms with Crippen LogP contribution in [0.15, 0.2) is 47.5 Å². The molecular formula is C20H20FN3O2S. The Morgan fingerprint density at radius 2 is 1.96 bits per heavy atom. The van der Waals surface area contributed by atoms with E-state index >= 15 is 0 Å². The molecule has 1 aromatic heterocycles. The highest BCUT2D eigenvalue weighted by Crippen LogP contribution is 2.23. The van der Waals surface area contributed by atoms with Crippen LogP contribution in [0.2, 0.25) is 0 Å². The minimum atomic E-state index is -0.279. The Kier molecular flexibility index (Phi) is 6.66. The molecule has 5 nitrogen and oxygen atoms in total. The molecule has 0 atom stereocenters. The van der Waals surface area contributed by atoms with Crippen molar-refractivity contribution >= 4 is 17.7 Å². The number of amides is 1. The van der Waals surface area contributed by atoms with E-state index in [9.17, 15) is 9.18 Å². The van der Waals surface area contributed by atoms with Crippen molar-refractivity contribution in [3.63, 3.8) is 0 Å². The molecule has 1 aliphatic rings. The molecule has 1 aliphatic carbocycles. The van der Waals surface area contributed by atoms with Crippen molar-refractivity contribution < 1.29 is 13.9 Å². The largest absolute Gasteiger partial charge is 0.474 e. The van der Waals surface area contributed by atoms with Crippen molar-refractivity contribution in [1.29, 1.82) is 5.26 Å². The number of nitrogens with zero attached hydrogens (tertiary/aromatic N) is 2. The molecule has 0 aliphatic heterocycles. The molecule has 0 spiro atoms. The Balaban J connectivity index is 1.37. The van der Waals surface area contributed by atoms with Gasteiger partial charge in [0, 0.05) is 23.2 Å². The van der Waals surface area contributed by atoms with Gasteiger partial charge in [-0.15, -0.1) is 11.8 Å². The molecule has 2 aromatic rings. The summed E-state index contributed by atoms with van der Waals surface area (Å²) in [6.45, 7) is 0. The van der Waals surface area contributed by atoms with Crippen molar-refractivity contribution in [2.75, 3.05) is 5.75 Å². The average molecular weight is 385 g/mol. The third kappa shape index (κ3) is 5.97. The summed E-state index contributed by atoms with van der Waals surface area (Å²) in [6.07, 6.45) is 4.98. The molecule has 1 heterocycles. The smallest absolute Gasteiger partial charge is 0.230 e. The first kappa shape index (κ1) is 19.2. The first-order valence-corrected chi connectivity index (χ1v) is 9.81. The molecule has 140 valence electrons. The topological polar surface area (TPSA) is 75.0 Å². The number of hydrogen-bond acceptors (Lipinski definition) is 5. The Morgan fingerprint density at radius 1 is 1.22 bits per heavy atom. The zero-order valence-electron chi connectivity index (χ0n) is 14.7. The van der Waals surface area contributed by atoms with E-state index in [0.717, 1.165) is 30.6 Å². The quantitative estimate of drug-likeness (QED) is 0.768. The monoisotopic (exact) mass is 385 g/mol. The van der Waals surface area contributed by atoms with E-state index in [1.807, 2.05) is 6.07 Å². The van der Waals surface area contributed by atoms with Gasteiger partial charge in [-0.3, -0.25) is 4.79 Å². The van der Waals surface area contributed by atoms with Gasteiger partial charge in [0.05, 0.1) is 11.3 Å². The van der Waals surface area contributed by atoms with Crippen LogP contribution >= 0.6 is 11.8 Å². The van der Waals surface area contributed by atoms with Gasteiger partial charge in [0.2, 0.25) is 11.8 Å². The average Bonchev–Trinajstić information content (AvgIpc) is 2.70. The van der Waals surface area contributed by atoms with E-state index in [4.69, 9.17) is 10.00 Å². The Hall–Kier alpha value is -2.59. The molecule has 0 radical (unpaired) electrons. The Morgan fingerprint density at radius 3 is 2.59 bits per heavy atom. The Labute approximate surface area is 161 Å². The number of benzene rings is 1. The van der Waals surface area contributed by atoms with E-state index < -0.39 is 0 Å². The summed E-state index contributed by atoms with van der Waals surface area (Å²) in [5.74, 6) is 0.552. The van der Waals surface area contributed by atoms with Gasteiger partial charge < -0.3 is 10.1 Å². The van der Waals surface area contributed by atoms with Crippen LogP contribution in [0.5, 0.6) is 5.88 Å². The molecule has 1 saturated carbocycles. The first-order chi connectivity index (χ1) is 13.1. The van der Waals surface area contributed by atoms with Crippen LogP contribution in [0.1, 0.15) is 31.2 Å². The van der Waals surface area contributed by atoms with E-state index in [0.29, 0.717) is 17.2 Å². The normalized spacial score (nSPS) is 19.1. The number of nitriles is 1. The van der Waals surface area contributed by atoms with Gasteiger partial charge in [-0.25, -0.2) is 9.37 Å². The van der Waals surface area contributed by atoms with Crippen molar-refractivity contribution in [3.8, 4) is 11.9 Å². The lowest BCUT2D eigenvalue weighted by molar-refractivity contribution is -0.119. The van der Waals surface area contributed by atoms with Crippen LogP contribution in [0.3, 0.4) is 0 Å². The summed E-state index contributed by atoms with van der Waals surface area (Å²) in [7, 11) is 0. The third-order valence-corrected chi connectivity index (χ3v) is 5.39. The molecule has 1 aromatic carbocycles. The fourth-order valence-electron chi connectivity index (χ4n) is 2.96. The Bertz CT molecular complexity index is 797. The second-order valence-corrected chi connectivity index (χ2v) is 7.45. The van der Waals surface area contributed by atoms with Crippen LogP contribution < -0.4 is 10.1 Å². The number of rotatable bonds is 6.